The molecule has 0 fully saturated rings. The minimum atomic E-state index is -2.69. The molecule has 0 aromatic carbocycles. The van der Waals surface area contributed by atoms with Crippen LogP contribution in [0.25, 0.3) is 0 Å². The van der Waals surface area contributed by atoms with Gasteiger partial charge in [-0.1, -0.05) is 11.8 Å². The van der Waals surface area contributed by atoms with Gasteiger partial charge in [0, 0.05) is 0 Å². The monoisotopic (exact) mass is 239 g/mol. The molecular formula is C6H7F2N3O3S. The predicted molar refractivity (Wildman–Crippen MR) is 47.2 cm³/mol. The second-order valence-corrected chi connectivity index (χ2v) is 3.44. The van der Waals surface area contributed by atoms with Gasteiger partial charge in [-0.05, 0) is 0 Å². The summed E-state index contributed by atoms with van der Waals surface area (Å²) in [4.78, 5) is 21.2. The van der Waals surface area contributed by atoms with Crippen molar-refractivity contribution in [2.75, 3.05) is 5.75 Å². The fourth-order valence-electron chi connectivity index (χ4n) is 0.839. The van der Waals surface area contributed by atoms with Gasteiger partial charge in [0.25, 0.3) is 6.43 Å². The highest BCUT2D eigenvalue weighted by Crippen LogP contribution is 2.13. The highest BCUT2D eigenvalue weighted by molar-refractivity contribution is 7.99. The van der Waals surface area contributed by atoms with Crippen LogP contribution in [0.5, 0.6) is 0 Å². The highest BCUT2D eigenvalue weighted by Gasteiger charge is 2.14. The van der Waals surface area contributed by atoms with E-state index in [1.165, 1.54) is 0 Å². The maximum atomic E-state index is 12.0. The smallest absolute Gasteiger partial charge is 0.344 e. The lowest BCUT2D eigenvalue weighted by Gasteiger charge is -2.02. The maximum absolute atomic E-state index is 12.0. The topological polar surface area (TPSA) is 88.0 Å². The first-order valence-electron chi connectivity index (χ1n) is 3.78. The Bertz CT molecular complexity index is 403. The van der Waals surface area contributed by atoms with Crippen molar-refractivity contribution in [2.24, 2.45) is 0 Å². The molecule has 2 N–H and O–H groups in total. The summed E-state index contributed by atoms with van der Waals surface area (Å²) in [6.45, 7) is -0.794. The quantitative estimate of drug-likeness (QED) is 0.707. The molecule has 0 saturated heterocycles. The number of halogens is 2. The van der Waals surface area contributed by atoms with Crippen molar-refractivity contribution >= 4 is 17.7 Å². The second kappa shape index (κ2) is 4.91. The number of alkyl halides is 2. The van der Waals surface area contributed by atoms with Gasteiger partial charge in [-0.3, -0.25) is 9.36 Å². The summed E-state index contributed by atoms with van der Waals surface area (Å²) in [6.07, 6.45) is -2.69. The molecule has 15 heavy (non-hydrogen) atoms. The van der Waals surface area contributed by atoms with Gasteiger partial charge in [0.2, 0.25) is 0 Å². The molecule has 1 rings (SSSR count). The summed E-state index contributed by atoms with van der Waals surface area (Å²) < 4.78 is 24.8. The number of hydrogen-bond donors (Lipinski definition) is 2. The van der Waals surface area contributed by atoms with Gasteiger partial charge in [0.15, 0.2) is 5.16 Å². The van der Waals surface area contributed by atoms with Gasteiger partial charge in [0.05, 0.1) is 12.3 Å². The number of hydrogen-bond acceptors (Lipinski definition) is 4. The number of thioether (sulfide) groups is 1. The van der Waals surface area contributed by atoms with Crippen LogP contribution in [0.2, 0.25) is 0 Å². The van der Waals surface area contributed by atoms with E-state index in [4.69, 9.17) is 5.11 Å². The third-order valence-electron chi connectivity index (χ3n) is 1.37. The Morgan fingerprint density at radius 2 is 2.33 bits per heavy atom. The molecule has 0 amide bonds. The Balaban J connectivity index is 2.79. The number of nitrogens with one attached hydrogen (secondary N) is 1. The van der Waals surface area contributed by atoms with Crippen LogP contribution in [-0.2, 0) is 11.3 Å². The molecule has 0 bridgehead atoms. The molecule has 1 heterocycles. The van der Waals surface area contributed by atoms with Crippen LogP contribution in [0.1, 0.15) is 0 Å². The Kier molecular flexibility index (Phi) is 3.83. The van der Waals surface area contributed by atoms with Crippen molar-refractivity contribution < 1.29 is 18.7 Å². The van der Waals surface area contributed by atoms with Gasteiger partial charge in [0.1, 0.15) is 0 Å². The van der Waals surface area contributed by atoms with Crippen LogP contribution in [0.15, 0.2) is 9.95 Å². The van der Waals surface area contributed by atoms with Crippen LogP contribution in [0.3, 0.4) is 0 Å². The van der Waals surface area contributed by atoms with Gasteiger partial charge in [-0.2, -0.15) is 0 Å². The summed E-state index contributed by atoms with van der Waals surface area (Å²) >= 11 is 0.706. The van der Waals surface area contributed by atoms with Crippen molar-refractivity contribution in [3.05, 3.63) is 10.5 Å². The fourth-order valence-corrected chi connectivity index (χ4v) is 1.51. The van der Waals surface area contributed by atoms with Gasteiger partial charge < -0.3 is 5.11 Å². The fraction of sp³-hybridized carbons (Fsp3) is 0.500. The zero-order valence-electron chi connectivity index (χ0n) is 7.31. The molecule has 0 aliphatic heterocycles. The molecule has 6 nitrogen and oxygen atoms in total. The van der Waals surface area contributed by atoms with Crippen LogP contribution in [-0.4, -0.2) is 38.0 Å². The number of H-pyrrole nitrogens is 1. The molecule has 0 atom stereocenters. The molecule has 0 unspecified atom stereocenters. The lowest BCUT2D eigenvalue weighted by Crippen LogP contribution is -2.21. The molecule has 1 aromatic rings. The maximum Gasteiger partial charge on any atom is 0.344 e. The SMILES string of the molecule is O=C(O)CSc1n[nH]c(=O)n1CC(F)F. The Morgan fingerprint density at radius 3 is 2.87 bits per heavy atom. The van der Waals surface area contributed by atoms with Crippen molar-refractivity contribution in [2.45, 2.75) is 18.1 Å². The molecular weight excluding hydrogens is 232 g/mol. The van der Waals surface area contributed by atoms with E-state index >= 15 is 0 Å². The van der Waals surface area contributed by atoms with E-state index in [0.29, 0.717) is 16.3 Å². The number of aromatic amines is 1. The second-order valence-electron chi connectivity index (χ2n) is 2.50. The first kappa shape index (κ1) is 11.7. The zero-order valence-corrected chi connectivity index (χ0v) is 8.13. The first-order chi connectivity index (χ1) is 7.00. The predicted octanol–water partition coefficient (Wildman–Crippen LogP) is 0.0132. The molecule has 9 heteroatoms. The summed E-state index contributed by atoms with van der Waals surface area (Å²) in [7, 11) is 0. The summed E-state index contributed by atoms with van der Waals surface area (Å²) in [5, 5.41) is 13.7. The molecule has 0 spiro atoms. The number of carboxylic acids is 1. The van der Waals surface area contributed by atoms with Gasteiger partial charge in [-0.25, -0.2) is 18.7 Å². The average molecular weight is 239 g/mol. The minimum Gasteiger partial charge on any atom is -0.481 e. The van der Waals surface area contributed by atoms with Crippen LogP contribution < -0.4 is 5.69 Å². The molecule has 0 aliphatic carbocycles. The molecule has 0 aliphatic rings. The molecule has 0 radical (unpaired) electrons. The normalized spacial score (nSPS) is 10.9. The third kappa shape index (κ3) is 3.35. The zero-order chi connectivity index (χ0) is 11.4. The number of nitrogens with zero attached hydrogens (tertiary/aromatic N) is 2. The van der Waals surface area contributed by atoms with E-state index in [1.54, 1.807) is 0 Å². The molecule has 84 valence electrons. The van der Waals surface area contributed by atoms with Crippen molar-refractivity contribution in [1.29, 1.82) is 0 Å². The van der Waals surface area contributed by atoms with Crippen LogP contribution >= 0.6 is 11.8 Å². The number of carboxylic acid groups (broad SMARTS) is 1. The summed E-state index contributed by atoms with van der Waals surface area (Å²) in [6, 6.07) is 0. The van der Waals surface area contributed by atoms with Gasteiger partial charge >= 0.3 is 11.7 Å². The third-order valence-corrected chi connectivity index (χ3v) is 2.33. The summed E-state index contributed by atoms with van der Waals surface area (Å²) in [5.41, 5.74) is -0.775. The van der Waals surface area contributed by atoms with E-state index in [2.05, 4.69) is 5.10 Å². The van der Waals surface area contributed by atoms with E-state index in [0.717, 1.165) is 0 Å². The average Bonchev–Trinajstić information content (AvgIpc) is 2.44. The van der Waals surface area contributed by atoms with E-state index in [9.17, 15) is 18.4 Å². The molecule has 0 saturated carbocycles. The van der Waals surface area contributed by atoms with E-state index < -0.39 is 24.6 Å². The Labute approximate surface area is 86.3 Å². The lowest BCUT2D eigenvalue weighted by molar-refractivity contribution is -0.133. The first-order valence-corrected chi connectivity index (χ1v) is 4.77. The Hall–Kier alpha value is -1.38. The van der Waals surface area contributed by atoms with Crippen molar-refractivity contribution in [3.63, 3.8) is 0 Å². The van der Waals surface area contributed by atoms with Crippen molar-refractivity contribution in [1.82, 2.24) is 14.8 Å². The Morgan fingerprint density at radius 1 is 1.67 bits per heavy atom. The van der Waals surface area contributed by atoms with Gasteiger partial charge in [-0.15, -0.1) is 5.10 Å². The van der Waals surface area contributed by atoms with Crippen LogP contribution in [0, 0.1) is 0 Å². The minimum absolute atomic E-state index is 0.0531. The molecule has 1 aromatic heterocycles. The van der Waals surface area contributed by atoms with E-state index in [-0.39, 0.29) is 10.9 Å². The highest BCUT2D eigenvalue weighted by atomic mass is 32.2. The summed E-state index contributed by atoms with van der Waals surface area (Å²) in [5.74, 6) is -1.45. The number of rotatable bonds is 5. The largest absolute Gasteiger partial charge is 0.481 e. The standard InChI is InChI=1S/C6H7F2N3O3S/c7-3(8)1-11-5(14)9-10-6(11)15-2-4(12)13/h3H,1-2H2,(H,9,14)(H,12,13). The number of carbonyl (C=O) groups is 1. The number of aromatic nitrogens is 3. The van der Waals surface area contributed by atoms with Crippen molar-refractivity contribution in [3.8, 4) is 0 Å². The lowest BCUT2D eigenvalue weighted by atomic mass is 10.7. The van der Waals surface area contributed by atoms with Crippen LogP contribution in [0.4, 0.5) is 8.78 Å². The van der Waals surface area contributed by atoms with E-state index in [1.807, 2.05) is 5.10 Å². The number of aliphatic carboxylic acids is 1.